The Morgan fingerprint density at radius 1 is 0.712 bits per heavy atom. The Kier molecular flexibility index (Phi) is 14.4. The summed E-state index contributed by atoms with van der Waals surface area (Å²) in [5.74, 6) is -2.42. The first kappa shape index (κ1) is 41.6. The molecule has 4 heterocycles. The number of carbonyl (C=O) groups is 5. The molecule has 0 radical (unpaired) electrons. The Bertz CT molecular complexity index is 1920. The largest absolute Gasteiger partial charge is 0.380 e. The average molecular weight is 803 g/mol. The predicted molar refractivity (Wildman–Crippen MR) is 227 cm³/mol. The van der Waals surface area contributed by atoms with Gasteiger partial charge in [-0.2, -0.15) is 0 Å². The van der Waals surface area contributed by atoms with E-state index in [1.807, 2.05) is 97.2 Å². The molecule has 0 bridgehead atoms. The zero-order valence-electron chi connectivity index (χ0n) is 33.7. The van der Waals surface area contributed by atoms with Crippen LogP contribution in [0.25, 0.3) is 0 Å². The van der Waals surface area contributed by atoms with E-state index in [2.05, 4.69) is 41.7 Å². The zero-order valence-corrected chi connectivity index (χ0v) is 33.7. The number of likely N-dealkylation sites (tertiary alicyclic amines) is 2. The Labute approximate surface area is 347 Å². The fourth-order valence-corrected chi connectivity index (χ4v) is 8.81. The van der Waals surface area contributed by atoms with E-state index in [1.54, 1.807) is 0 Å². The summed E-state index contributed by atoms with van der Waals surface area (Å²) in [6.45, 7) is 3.98. The predicted octanol–water partition coefficient (Wildman–Crippen LogP) is 2.18. The molecular formula is C46H58N8O5. The van der Waals surface area contributed by atoms with Crippen molar-refractivity contribution < 1.29 is 24.0 Å². The number of hydrogen-bond acceptors (Lipinski definition) is 8. The lowest BCUT2D eigenvalue weighted by Gasteiger charge is -2.40. The molecule has 3 fully saturated rings. The lowest BCUT2D eigenvalue weighted by molar-refractivity contribution is -0.135. The number of carbonyl (C=O) groups excluding carboxylic acids is 5. The third-order valence-electron chi connectivity index (χ3n) is 12.0. The van der Waals surface area contributed by atoms with Crippen molar-refractivity contribution in [3.63, 3.8) is 0 Å². The van der Waals surface area contributed by atoms with E-state index < -0.39 is 47.8 Å². The van der Waals surface area contributed by atoms with Gasteiger partial charge < -0.3 is 36.8 Å². The summed E-state index contributed by atoms with van der Waals surface area (Å²) < 4.78 is 0. The Balaban J connectivity index is 1.11. The molecular weight excluding hydrogens is 745 g/mol. The lowest BCUT2D eigenvalue weighted by atomic mass is 9.95. The minimum absolute atomic E-state index is 0.0342. The van der Waals surface area contributed by atoms with E-state index in [4.69, 9.17) is 0 Å². The van der Waals surface area contributed by atoms with Gasteiger partial charge in [-0.15, -0.1) is 0 Å². The first-order valence-corrected chi connectivity index (χ1v) is 21.3. The number of fused-ring (bicyclic) bond motifs is 1. The van der Waals surface area contributed by atoms with Crippen molar-refractivity contribution in [3.05, 3.63) is 120 Å². The number of rotatable bonds is 10. The smallest absolute Gasteiger partial charge is 0.243 e. The van der Waals surface area contributed by atoms with Gasteiger partial charge in [-0.3, -0.25) is 28.9 Å². The van der Waals surface area contributed by atoms with Gasteiger partial charge in [-0.05, 0) is 67.5 Å². The van der Waals surface area contributed by atoms with Crippen LogP contribution in [0.15, 0.2) is 108 Å². The van der Waals surface area contributed by atoms with Crippen LogP contribution in [0, 0.1) is 0 Å². The molecule has 5 atom stereocenters. The van der Waals surface area contributed by atoms with Gasteiger partial charge in [-0.25, -0.2) is 0 Å². The van der Waals surface area contributed by atoms with Crippen molar-refractivity contribution in [2.75, 3.05) is 39.3 Å². The van der Waals surface area contributed by atoms with E-state index in [0.717, 1.165) is 61.3 Å². The first-order valence-electron chi connectivity index (χ1n) is 21.3. The minimum atomic E-state index is -1.21. The molecule has 5 aliphatic rings. The number of allylic oxidation sites excluding steroid dienone is 4. The number of amides is 5. The van der Waals surface area contributed by atoms with E-state index in [0.29, 0.717) is 12.5 Å². The number of piperidine rings is 2. The highest BCUT2D eigenvalue weighted by atomic mass is 16.2. The molecule has 312 valence electrons. The molecule has 13 heteroatoms. The Morgan fingerprint density at radius 3 is 2.12 bits per heavy atom. The second-order valence-corrected chi connectivity index (χ2v) is 16.3. The molecule has 7 rings (SSSR count). The highest BCUT2D eigenvalue weighted by molar-refractivity contribution is 5.96. The van der Waals surface area contributed by atoms with Crippen LogP contribution in [-0.2, 0) is 36.8 Å². The number of benzene rings is 2. The average Bonchev–Trinajstić information content (AvgIpc) is 3.46. The van der Waals surface area contributed by atoms with Gasteiger partial charge in [0.05, 0.1) is 25.0 Å². The summed E-state index contributed by atoms with van der Waals surface area (Å²) in [4.78, 5) is 74.9. The lowest BCUT2D eigenvalue weighted by Crippen LogP contribution is -2.59. The van der Waals surface area contributed by atoms with Gasteiger partial charge in [0.2, 0.25) is 29.5 Å². The third kappa shape index (κ3) is 11.8. The van der Waals surface area contributed by atoms with Crippen molar-refractivity contribution >= 4 is 29.5 Å². The summed E-state index contributed by atoms with van der Waals surface area (Å²) in [7, 11) is 0. The summed E-state index contributed by atoms with van der Waals surface area (Å²) in [5, 5.41) is 18.1. The summed E-state index contributed by atoms with van der Waals surface area (Å²) in [6, 6.07) is 15.6. The summed E-state index contributed by atoms with van der Waals surface area (Å²) in [5.41, 5.74) is 3.58. The molecule has 3 saturated heterocycles. The maximum Gasteiger partial charge on any atom is 0.243 e. The molecule has 2 aromatic carbocycles. The highest BCUT2D eigenvalue weighted by Gasteiger charge is 2.34. The maximum absolute atomic E-state index is 14.4. The van der Waals surface area contributed by atoms with Gasteiger partial charge >= 0.3 is 0 Å². The zero-order chi connectivity index (χ0) is 41.0. The molecule has 4 aliphatic heterocycles. The van der Waals surface area contributed by atoms with E-state index in [1.165, 1.54) is 19.3 Å². The van der Waals surface area contributed by atoms with Crippen LogP contribution in [0.5, 0.6) is 0 Å². The van der Waals surface area contributed by atoms with Crippen molar-refractivity contribution in [2.24, 2.45) is 0 Å². The normalized spacial score (nSPS) is 26.4. The molecule has 59 heavy (non-hydrogen) atoms. The molecule has 5 amide bonds. The van der Waals surface area contributed by atoms with Crippen LogP contribution in [0.1, 0.15) is 56.1 Å². The molecule has 0 aromatic heterocycles. The standard InChI is InChI=1S/C46H58N8O5/c55-42-28-41(51-43(56)31-53-23-19-36(20-24-53)54-21-11-4-12-22-54)44(57)48-30-35(25-32-13-5-1-6-14-32)49-45(58)39(26-33-15-7-2-8-16-33)52-46(59)40(50-42)27-34-29-47-38-18-10-3-9-17-37(34)38/h1-3,5-10,13-18,29,35-36,38-41,47H,4,11-12,19-28,30-31H2,(H,48,57)(H,49,58)(H,50,55)(H,51,56)(H,52,59)/t35-,38?,39+,40?,41?/m1/s1. The van der Waals surface area contributed by atoms with Crippen LogP contribution in [-0.4, -0.2) is 115 Å². The number of nitrogens with zero attached hydrogens (tertiary/aromatic N) is 2. The second-order valence-electron chi connectivity index (χ2n) is 16.3. The molecule has 6 N–H and O–H groups in total. The van der Waals surface area contributed by atoms with E-state index in [9.17, 15) is 24.0 Å². The Hall–Kier alpha value is -5.53. The first-order chi connectivity index (χ1) is 28.8. The molecule has 1 aliphatic carbocycles. The van der Waals surface area contributed by atoms with Crippen LogP contribution >= 0.6 is 0 Å². The third-order valence-corrected chi connectivity index (χ3v) is 12.0. The minimum Gasteiger partial charge on any atom is -0.380 e. The summed E-state index contributed by atoms with van der Waals surface area (Å²) >= 11 is 0. The van der Waals surface area contributed by atoms with Gasteiger partial charge in [0.25, 0.3) is 0 Å². The fraction of sp³-hybridized carbons (Fsp3) is 0.457. The van der Waals surface area contributed by atoms with Crippen LogP contribution in [0.2, 0.25) is 0 Å². The topological polar surface area (TPSA) is 164 Å². The van der Waals surface area contributed by atoms with Crippen LogP contribution in [0.3, 0.4) is 0 Å². The van der Waals surface area contributed by atoms with Crippen molar-refractivity contribution in [2.45, 2.75) is 94.0 Å². The van der Waals surface area contributed by atoms with E-state index >= 15 is 0 Å². The van der Waals surface area contributed by atoms with Gasteiger partial charge in [-0.1, -0.05) is 97.5 Å². The second kappa shape index (κ2) is 20.4. The van der Waals surface area contributed by atoms with Gasteiger partial charge in [0, 0.05) is 44.7 Å². The molecule has 0 saturated carbocycles. The molecule has 0 spiro atoms. The molecule has 2 aromatic rings. The fourth-order valence-electron chi connectivity index (χ4n) is 8.81. The maximum atomic E-state index is 14.4. The number of hydrogen-bond donors (Lipinski definition) is 6. The van der Waals surface area contributed by atoms with Gasteiger partial charge in [0.1, 0.15) is 18.1 Å². The highest BCUT2D eigenvalue weighted by Crippen LogP contribution is 2.27. The van der Waals surface area contributed by atoms with Crippen molar-refractivity contribution in [1.82, 2.24) is 41.7 Å². The van der Waals surface area contributed by atoms with E-state index in [-0.39, 0.29) is 44.3 Å². The monoisotopic (exact) mass is 802 g/mol. The molecule has 3 unspecified atom stereocenters. The van der Waals surface area contributed by atoms with Crippen LogP contribution in [0.4, 0.5) is 0 Å². The quantitative estimate of drug-likeness (QED) is 0.213. The van der Waals surface area contributed by atoms with Gasteiger partial charge in [0.15, 0.2) is 0 Å². The number of nitrogens with one attached hydrogen (secondary N) is 6. The summed E-state index contributed by atoms with van der Waals surface area (Å²) in [6.07, 6.45) is 17.7. The van der Waals surface area contributed by atoms with Crippen molar-refractivity contribution in [3.8, 4) is 0 Å². The Morgan fingerprint density at radius 2 is 1.39 bits per heavy atom. The molecule has 13 nitrogen and oxygen atoms in total. The van der Waals surface area contributed by atoms with Crippen LogP contribution < -0.4 is 31.9 Å². The van der Waals surface area contributed by atoms with Crippen molar-refractivity contribution in [1.29, 1.82) is 0 Å². The SMILES string of the molecule is O=C(CN1CCC(N2CCCCC2)CC1)NC1CC(=O)NC(CC2=CNC3C=CC=CC=C23)C(=O)N[C@@H](Cc2ccccc2)C(=O)N[C@H](Cc2ccccc2)CNC1=O.